The van der Waals surface area contributed by atoms with Gasteiger partial charge in [-0.1, -0.05) is 30.3 Å². The van der Waals surface area contributed by atoms with E-state index in [4.69, 9.17) is 19.7 Å². The molecular weight excluding hydrogens is 316 g/mol. The highest BCUT2D eigenvalue weighted by molar-refractivity contribution is 5.73. The summed E-state index contributed by atoms with van der Waals surface area (Å²) in [6, 6.07) is 8.50. The molecule has 2 aliphatic heterocycles. The third-order valence-corrected chi connectivity index (χ3v) is 4.04. The Morgan fingerprint density at radius 3 is 2.75 bits per heavy atom. The Labute approximate surface area is 138 Å². The van der Waals surface area contributed by atoms with Gasteiger partial charge in [-0.2, -0.15) is 0 Å². The van der Waals surface area contributed by atoms with E-state index in [9.17, 15) is 9.90 Å². The number of carbonyl (C=O) groups is 1. The summed E-state index contributed by atoms with van der Waals surface area (Å²) in [4.78, 5) is 11.4. The summed E-state index contributed by atoms with van der Waals surface area (Å²) in [5.41, 5.74) is 11.9. The minimum atomic E-state index is -1.07. The predicted molar refractivity (Wildman–Crippen MR) is 81.2 cm³/mol. The molecule has 3 N–H and O–H groups in total. The van der Waals surface area contributed by atoms with Crippen LogP contribution in [0.2, 0.25) is 0 Å². The first kappa shape index (κ1) is 16.8. The minimum absolute atomic E-state index is 0.192. The van der Waals surface area contributed by atoms with Crippen LogP contribution in [-0.2, 0) is 19.0 Å². The van der Waals surface area contributed by atoms with Crippen molar-refractivity contribution in [2.45, 2.75) is 43.8 Å². The van der Waals surface area contributed by atoms with Crippen molar-refractivity contribution in [3.8, 4) is 0 Å². The fourth-order valence-corrected chi connectivity index (χ4v) is 2.97. The summed E-state index contributed by atoms with van der Waals surface area (Å²) < 4.78 is 17.2. The average Bonchev–Trinajstić information content (AvgIpc) is 2.59. The van der Waals surface area contributed by atoms with Crippen LogP contribution >= 0.6 is 0 Å². The van der Waals surface area contributed by atoms with Crippen molar-refractivity contribution in [2.75, 3.05) is 6.61 Å². The number of carbonyl (C=O) groups excluding carboxylic acids is 1. The normalized spacial score (nSPS) is 35.6. The van der Waals surface area contributed by atoms with E-state index in [1.54, 1.807) is 0 Å². The van der Waals surface area contributed by atoms with E-state index in [0.717, 1.165) is 5.56 Å². The molecule has 1 aromatic carbocycles. The molecule has 2 aliphatic rings. The quantitative estimate of drug-likeness (QED) is 0.534. The monoisotopic (exact) mass is 335 g/mol. The first-order valence-electron chi connectivity index (χ1n) is 7.62. The highest BCUT2D eigenvalue weighted by Crippen LogP contribution is 2.33. The van der Waals surface area contributed by atoms with Gasteiger partial charge in [0.2, 0.25) is 5.91 Å². The zero-order valence-electron chi connectivity index (χ0n) is 13.0. The molecular formula is C15H19N4O5-. The lowest BCUT2D eigenvalue weighted by Crippen LogP contribution is -2.68. The van der Waals surface area contributed by atoms with Gasteiger partial charge in [0, 0.05) is 12.5 Å². The number of fused-ring (bicyclic) bond motifs is 1. The highest BCUT2D eigenvalue weighted by Gasteiger charge is 2.48. The van der Waals surface area contributed by atoms with Crippen LogP contribution in [0.5, 0.6) is 0 Å². The third kappa shape index (κ3) is 3.39. The van der Waals surface area contributed by atoms with E-state index in [0.29, 0.717) is 0 Å². The molecule has 1 amide bonds. The molecule has 0 saturated carbocycles. The molecule has 2 saturated heterocycles. The summed E-state index contributed by atoms with van der Waals surface area (Å²) in [6.45, 7) is 1.52. The van der Waals surface area contributed by atoms with Crippen molar-refractivity contribution < 1.29 is 24.1 Å². The van der Waals surface area contributed by atoms with Gasteiger partial charge in [0.05, 0.1) is 18.9 Å². The lowest BCUT2D eigenvalue weighted by molar-refractivity contribution is -0.317. The Morgan fingerprint density at radius 1 is 1.33 bits per heavy atom. The van der Waals surface area contributed by atoms with E-state index < -0.39 is 36.9 Å². The number of nitrogens with zero attached hydrogens (tertiary/aromatic N) is 2. The van der Waals surface area contributed by atoms with E-state index in [1.165, 1.54) is 6.92 Å². The number of amides is 1. The number of rotatable bonds is 4. The molecule has 2 heterocycles. The van der Waals surface area contributed by atoms with E-state index in [-0.39, 0.29) is 12.5 Å². The standard InChI is InChI=1S/C15H19N4O5/c1-8(20)17-11-12(21)13-10(23-14(11)18-19-16)7-22-15(24-13)9-5-3-2-4-6-9/h2-6,10-15,21H,7H2,1H3,(H2-,16,17,18,20)/q-1/t10-,11+,12-,13+,14-,15-/m1/s1. The SMILES string of the molecule is CC(=O)N[C@H]1[C@@H](O)[C@H]2O[C@H](c3ccccc3)OC[C@H]2O[C@H]1NN=[N-]. The van der Waals surface area contributed by atoms with Crippen molar-refractivity contribution in [3.63, 3.8) is 0 Å². The molecule has 24 heavy (non-hydrogen) atoms. The molecule has 2 fully saturated rings. The Hall–Kier alpha value is -2.07. The smallest absolute Gasteiger partial charge is 0.217 e. The summed E-state index contributed by atoms with van der Waals surface area (Å²) in [7, 11) is 0. The maximum Gasteiger partial charge on any atom is 0.217 e. The van der Waals surface area contributed by atoms with E-state index in [1.807, 2.05) is 30.3 Å². The van der Waals surface area contributed by atoms with Crippen molar-refractivity contribution in [3.05, 3.63) is 41.4 Å². The Balaban J connectivity index is 1.77. The van der Waals surface area contributed by atoms with Crippen molar-refractivity contribution in [2.24, 2.45) is 5.22 Å². The van der Waals surface area contributed by atoms with Gasteiger partial charge < -0.3 is 35.6 Å². The van der Waals surface area contributed by atoms with Crippen LogP contribution in [-0.4, -0.2) is 48.2 Å². The van der Waals surface area contributed by atoms with Crippen LogP contribution in [0.4, 0.5) is 0 Å². The second-order valence-corrected chi connectivity index (χ2v) is 5.72. The number of benzene rings is 1. The van der Waals surface area contributed by atoms with Gasteiger partial charge in [-0.3, -0.25) is 10.0 Å². The number of hydrogen-bond donors (Lipinski definition) is 3. The summed E-state index contributed by atoms with van der Waals surface area (Å²) in [5.74, 6) is -0.350. The molecule has 9 heteroatoms. The van der Waals surface area contributed by atoms with Gasteiger partial charge in [-0.15, -0.1) is 0 Å². The summed E-state index contributed by atoms with van der Waals surface area (Å²) in [5, 5.41) is 16.1. The number of hydrogen-bond acceptors (Lipinski definition) is 6. The van der Waals surface area contributed by atoms with Crippen molar-refractivity contribution in [1.29, 1.82) is 0 Å². The molecule has 9 nitrogen and oxygen atoms in total. The van der Waals surface area contributed by atoms with Crippen LogP contribution in [0.15, 0.2) is 35.6 Å². The zero-order valence-corrected chi connectivity index (χ0v) is 13.0. The van der Waals surface area contributed by atoms with Crippen LogP contribution in [0.25, 0.3) is 5.53 Å². The molecule has 6 atom stereocenters. The molecule has 0 spiro atoms. The van der Waals surface area contributed by atoms with Gasteiger partial charge in [-0.25, -0.2) is 0 Å². The Morgan fingerprint density at radius 2 is 2.08 bits per heavy atom. The zero-order chi connectivity index (χ0) is 17.1. The Bertz CT molecular complexity index is 586. The lowest BCUT2D eigenvalue weighted by atomic mass is 9.95. The van der Waals surface area contributed by atoms with Crippen LogP contribution in [0.3, 0.4) is 0 Å². The number of aliphatic hydroxyl groups excluding tert-OH is 1. The maximum absolute atomic E-state index is 11.4. The molecule has 0 radical (unpaired) electrons. The van der Waals surface area contributed by atoms with Crippen LogP contribution in [0, 0.1) is 0 Å². The molecule has 0 bridgehead atoms. The lowest BCUT2D eigenvalue weighted by Gasteiger charge is -2.49. The van der Waals surface area contributed by atoms with Gasteiger partial charge in [0.15, 0.2) is 6.29 Å². The molecule has 130 valence electrons. The van der Waals surface area contributed by atoms with Gasteiger partial charge >= 0.3 is 0 Å². The molecule has 0 aromatic heterocycles. The first-order chi connectivity index (χ1) is 11.6. The van der Waals surface area contributed by atoms with Crippen molar-refractivity contribution in [1.82, 2.24) is 10.7 Å². The molecule has 0 aliphatic carbocycles. The number of ether oxygens (including phenoxy) is 3. The first-order valence-corrected chi connectivity index (χ1v) is 7.62. The minimum Gasteiger partial charge on any atom is -0.388 e. The van der Waals surface area contributed by atoms with Crippen LogP contribution < -0.4 is 10.7 Å². The third-order valence-electron chi connectivity index (χ3n) is 4.04. The van der Waals surface area contributed by atoms with Gasteiger partial charge in [-0.05, 0) is 0 Å². The fourth-order valence-electron chi connectivity index (χ4n) is 2.97. The number of nitrogens with one attached hydrogen (secondary N) is 2. The van der Waals surface area contributed by atoms with E-state index >= 15 is 0 Å². The average molecular weight is 335 g/mol. The van der Waals surface area contributed by atoms with Crippen molar-refractivity contribution >= 4 is 5.91 Å². The summed E-state index contributed by atoms with van der Waals surface area (Å²) >= 11 is 0. The molecule has 1 aromatic rings. The molecule has 0 unspecified atom stereocenters. The second kappa shape index (κ2) is 7.22. The molecule has 3 rings (SSSR count). The van der Waals surface area contributed by atoms with Gasteiger partial charge in [0.25, 0.3) is 0 Å². The number of aliphatic hydroxyl groups is 1. The van der Waals surface area contributed by atoms with Crippen LogP contribution in [0.1, 0.15) is 18.8 Å². The highest BCUT2D eigenvalue weighted by atomic mass is 16.7. The Kier molecular flexibility index (Phi) is 5.05. The fraction of sp³-hybridized carbons (Fsp3) is 0.533. The predicted octanol–water partition coefficient (Wildman–Crippen LogP) is 0.217. The second-order valence-electron chi connectivity index (χ2n) is 5.72. The summed E-state index contributed by atoms with van der Waals surface area (Å²) in [6.07, 6.45) is -3.87. The topological polar surface area (TPSA) is 124 Å². The van der Waals surface area contributed by atoms with Gasteiger partial charge in [0.1, 0.15) is 18.3 Å². The van der Waals surface area contributed by atoms with E-state index in [2.05, 4.69) is 16.0 Å². The maximum atomic E-state index is 11.4. The largest absolute Gasteiger partial charge is 0.388 e.